The SMILES string of the molecule is O=C(NC(Oc1ccc(/C=c2\sc3nc4ccccc4n3c2=O)cc1)C(Cl)(Cl)Cl)c1cccc2ccccc12. The fourth-order valence-corrected chi connectivity index (χ4v) is 5.62. The first-order chi connectivity index (χ1) is 18.8. The van der Waals surface area contributed by atoms with E-state index in [2.05, 4.69) is 10.3 Å². The Hall–Kier alpha value is -3.62. The lowest BCUT2D eigenvalue weighted by atomic mass is 10.0. The zero-order valence-corrected chi connectivity index (χ0v) is 23.1. The molecule has 6 rings (SSSR count). The molecule has 0 fully saturated rings. The standard InChI is InChI=1S/C29H18Cl3N3O3S/c30-29(31,32)27(34-25(36)21-9-5-7-18-6-1-2-8-20(18)21)38-19-14-12-17(13-15-19)16-24-26(37)35-23-11-4-3-10-22(23)33-28(35)39-24/h1-16,27H,(H,34,36)/b24-16-. The van der Waals surface area contributed by atoms with E-state index < -0.39 is 15.9 Å². The number of benzene rings is 4. The summed E-state index contributed by atoms with van der Waals surface area (Å²) in [6.07, 6.45) is 0.519. The third-order valence-electron chi connectivity index (χ3n) is 6.17. The number of nitrogens with one attached hydrogen (secondary N) is 1. The Morgan fingerprint density at radius 2 is 1.67 bits per heavy atom. The van der Waals surface area contributed by atoms with Crippen LogP contribution in [0.3, 0.4) is 0 Å². The van der Waals surface area contributed by atoms with Crippen molar-refractivity contribution in [1.82, 2.24) is 14.7 Å². The second-order valence-corrected chi connectivity index (χ2v) is 12.1. The van der Waals surface area contributed by atoms with Crippen LogP contribution in [0.15, 0.2) is 95.8 Å². The highest BCUT2D eigenvalue weighted by Crippen LogP contribution is 2.32. The molecule has 0 saturated carbocycles. The molecule has 0 spiro atoms. The molecule has 6 nitrogen and oxygen atoms in total. The molecule has 1 amide bonds. The predicted octanol–water partition coefficient (Wildman–Crippen LogP) is 6.12. The summed E-state index contributed by atoms with van der Waals surface area (Å²) in [6.45, 7) is 0. The predicted molar refractivity (Wildman–Crippen MR) is 158 cm³/mol. The molecule has 1 N–H and O–H groups in total. The van der Waals surface area contributed by atoms with Crippen molar-refractivity contribution >= 4 is 84.9 Å². The summed E-state index contributed by atoms with van der Waals surface area (Å²) in [5.41, 5.74) is 2.64. The Morgan fingerprint density at radius 3 is 2.46 bits per heavy atom. The first-order valence-corrected chi connectivity index (χ1v) is 13.8. The number of aromatic nitrogens is 2. The monoisotopic (exact) mass is 593 g/mol. The van der Waals surface area contributed by atoms with Crippen LogP contribution in [0.25, 0.3) is 32.8 Å². The van der Waals surface area contributed by atoms with E-state index in [1.807, 2.05) is 54.6 Å². The molecule has 194 valence electrons. The first kappa shape index (κ1) is 25.6. The van der Waals surface area contributed by atoms with Crippen LogP contribution in [0.2, 0.25) is 0 Å². The largest absolute Gasteiger partial charge is 0.466 e. The van der Waals surface area contributed by atoms with Gasteiger partial charge in [0.15, 0.2) is 4.96 Å². The smallest absolute Gasteiger partial charge is 0.274 e. The highest BCUT2D eigenvalue weighted by Gasteiger charge is 2.36. The molecule has 39 heavy (non-hydrogen) atoms. The minimum Gasteiger partial charge on any atom is -0.466 e. The number of fused-ring (bicyclic) bond motifs is 4. The molecule has 2 aromatic heterocycles. The van der Waals surface area contributed by atoms with Crippen LogP contribution in [0.4, 0.5) is 0 Å². The van der Waals surface area contributed by atoms with Crippen molar-refractivity contribution in [3.05, 3.63) is 117 Å². The molecule has 1 atom stereocenters. The Balaban J connectivity index is 1.24. The van der Waals surface area contributed by atoms with E-state index in [9.17, 15) is 9.59 Å². The number of alkyl halides is 3. The Bertz CT molecular complexity index is 1960. The van der Waals surface area contributed by atoms with Gasteiger partial charge in [-0.2, -0.15) is 0 Å². The third-order valence-corrected chi connectivity index (χ3v) is 7.73. The number of amides is 1. The molecule has 10 heteroatoms. The van der Waals surface area contributed by atoms with E-state index in [0.29, 0.717) is 20.8 Å². The number of nitrogens with zero attached hydrogens (tertiary/aromatic N) is 2. The maximum absolute atomic E-state index is 13.1. The van der Waals surface area contributed by atoms with Gasteiger partial charge in [-0.3, -0.25) is 9.59 Å². The van der Waals surface area contributed by atoms with Crippen molar-refractivity contribution < 1.29 is 9.53 Å². The number of imidazole rings is 1. The summed E-state index contributed by atoms with van der Waals surface area (Å²) < 4.78 is 6.11. The van der Waals surface area contributed by atoms with Gasteiger partial charge in [0, 0.05) is 5.56 Å². The lowest BCUT2D eigenvalue weighted by Crippen LogP contribution is -2.47. The molecule has 0 aliphatic heterocycles. The molecule has 0 bridgehead atoms. The number of halogens is 3. The van der Waals surface area contributed by atoms with Crippen LogP contribution in [0, 0.1) is 0 Å². The zero-order chi connectivity index (χ0) is 27.1. The van der Waals surface area contributed by atoms with Gasteiger partial charge in [0.05, 0.1) is 15.6 Å². The van der Waals surface area contributed by atoms with Crippen LogP contribution in [-0.4, -0.2) is 25.3 Å². The molecule has 1 unspecified atom stereocenters. The Morgan fingerprint density at radius 1 is 0.949 bits per heavy atom. The van der Waals surface area contributed by atoms with Crippen LogP contribution in [0.5, 0.6) is 5.75 Å². The fraction of sp³-hybridized carbons (Fsp3) is 0.0690. The van der Waals surface area contributed by atoms with E-state index in [1.54, 1.807) is 46.9 Å². The second-order valence-electron chi connectivity index (χ2n) is 8.74. The van der Waals surface area contributed by atoms with Crippen LogP contribution in [0.1, 0.15) is 15.9 Å². The molecular formula is C29H18Cl3N3O3S. The normalized spacial score (nSPS) is 13.3. The summed E-state index contributed by atoms with van der Waals surface area (Å²) in [4.78, 5) is 31.3. The van der Waals surface area contributed by atoms with Crippen LogP contribution in [-0.2, 0) is 0 Å². The van der Waals surface area contributed by atoms with Gasteiger partial charge >= 0.3 is 0 Å². The third kappa shape index (κ3) is 5.06. The van der Waals surface area contributed by atoms with Crippen LogP contribution >= 0.6 is 46.1 Å². The summed E-state index contributed by atoms with van der Waals surface area (Å²) in [6, 6.07) is 27.4. The van der Waals surface area contributed by atoms with Gasteiger partial charge in [-0.1, -0.05) is 107 Å². The summed E-state index contributed by atoms with van der Waals surface area (Å²) in [5.74, 6) is -0.0673. The second kappa shape index (κ2) is 10.2. The molecule has 0 aliphatic rings. The highest BCUT2D eigenvalue weighted by molar-refractivity contribution is 7.15. The average molecular weight is 595 g/mol. The number of hydrogen-bond donors (Lipinski definition) is 1. The Labute approximate surface area is 241 Å². The van der Waals surface area contributed by atoms with Crippen molar-refractivity contribution in [2.75, 3.05) is 0 Å². The number of carbonyl (C=O) groups is 1. The van der Waals surface area contributed by atoms with Crippen molar-refractivity contribution in [2.24, 2.45) is 0 Å². The maximum atomic E-state index is 13.1. The van der Waals surface area contributed by atoms with Crippen LogP contribution < -0.4 is 20.1 Å². The molecule has 0 aliphatic carbocycles. The summed E-state index contributed by atoms with van der Waals surface area (Å²) >= 11 is 19.8. The number of rotatable bonds is 5. The van der Waals surface area contributed by atoms with Gasteiger partial charge in [-0.15, -0.1) is 0 Å². The van der Waals surface area contributed by atoms with Gasteiger partial charge in [-0.05, 0) is 52.7 Å². The topological polar surface area (TPSA) is 72.7 Å². The Kier molecular flexibility index (Phi) is 6.69. The van der Waals surface area contributed by atoms with Gasteiger partial charge in [0.2, 0.25) is 10.0 Å². The molecule has 2 heterocycles. The molecule has 4 aromatic carbocycles. The van der Waals surface area contributed by atoms with Crippen molar-refractivity contribution in [2.45, 2.75) is 10.0 Å². The van der Waals surface area contributed by atoms with Crippen molar-refractivity contribution in [1.29, 1.82) is 0 Å². The average Bonchev–Trinajstić information content (AvgIpc) is 3.44. The number of carbonyl (C=O) groups excluding carboxylic acids is 1. The van der Waals surface area contributed by atoms with Crippen molar-refractivity contribution in [3.8, 4) is 5.75 Å². The molecule has 0 radical (unpaired) electrons. The maximum Gasteiger partial charge on any atom is 0.274 e. The van der Waals surface area contributed by atoms with E-state index in [0.717, 1.165) is 27.4 Å². The van der Waals surface area contributed by atoms with E-state index in [4.69, 9.17) is 39.5 Å². The minimum atomic E-state index is -1.95. The number of thiazole rings is 1. The first-order valence-electron chi connectivity index (χ1n) is 11.8. The highest BCUT2D eigenvalue weighted by atomic mass is 35.6. The quantitative estimate of drug-likeness (QED) is 0.193. The molecular weight excluding hydrogens is 577 g/mol. The number of ether oxygens (including phenoxy) is 1. The molecule has 0 saturated heterocycles. The van der Waals surface area contributed by atoms with Gasteiger partial charge < -0.3 is 10.1 Å². The van der Waals surface area contributed by atoms with Crippen molar-refractivity contribution in [3.63, 3.8) is 0 Å². The lowest BCUT2D eigenvalue weighted by Gasteiger charge is -2.26. The van der Waals surface area contributed by atoms with E-state index in [1.165, 1.54) is 11.3 Å². The van der Waals surface area contributed by atoms with Gasteiger partial charge in [-0.25, -0.2) is 9.38 Å². The minimum absolute atomic E-state index is 0.128. The summed E-state index contributed by atoms with van der Waals surface area (Å²) in [5, 5.41) is 4.37. The number of para-hydroxylation sites is 2. The number of hydrogen-bond acceptors (Lipinski definition) is 5. The van der Waals surface area contributed by atoms with Gasteiger partial charge in [0.25, 0.3) is 11.5 Å². The molecule has 6 aromatic rings. The summed E-state index contributed by atoms with van der Waals surface area (Å²) in [7, 11) is 0. The zero-order valence-electron chi connectivity index (χ0n) is 20.0. The lowest BCUT2D eigenvalue weighted by molar-refractivity contribution is 0.0834. The van der Waals surface area contributed by atoms with E-state index in [-0.39, 0.29) is 5.56 Å². The van der Waals surface area contributed by atoms with E-state index >= 15 is 0 Å². The fourth-order valence-electron chi connectivity index (χ4n) is 4.34. The van der Waals surface area contributed by atoms with Gasteiger partial charge in [0.1, 0.15) is 5.75 Å².